The van der Waals surface area contributed by atoms with Gasteiger partial charge >= 0.3 is 0 Å². The molecule has 2 atom stereocenters. The van der Waals surface area contributed by atoms with Gasteiger partial charge in [0.25, 0.3) is 5.56 Å². The van der Waals surface area contributed by atoms with Gasteiger partial charge in [0, 0.05) is 29.8 Å². The largest absolute Gasteiger partial charge is 0.340 e. The summed E-state index contributed by atoms with van der Waals surface area (Å²) in [5.74, 6) is 0.807. The standard InChI is InChI=1S/C21H22ClN5O2S/c1-13-4-2-3-9-25(13)18(28)10-16-12-30-21-24-19-17(20(29)26(16)21)11-23-27(19)15-7-5-14(22)6-8-15/h5-8,11,13,16H,2-4,9-10,12H2,1H3. The van der Waals surface area contributed by atoms with Gasteiger partial charge < -0.3 is 4.90 Å². The number of piperidine rings is 1. The van der Waals surface area contributed by atoms with Crippen molar-refractivity contribution in [3.05, 3.63) is 45.8 Å². The average Bonchev–Trinajstić information content (AvgIpc) is 3.34. The fourth-order valence-electron chi connectivity index (χ4n) is 4.34. The molecule has 0 radical (unpaired) electrons. The third-order valence-electron chi connectivity index (χ3n) is 5.98. The number of carbonyl (C=O) groups excluding carboxylic acids is 1. The SMILES string of the molecule is CC1CCCCN1C(=O)CC1CSc2nc3c(cnn3-c3ccc(Cl)cc3)c(=O)n21. The molecule has 1 fully saturated rings. The monoisotopic (exact) mass is 443 g/mol. The Bertz CT molecular complexity index is 1170. The molecule has 9 heteroatoms. The summed E-state index contributed by atoms with van der Waals surface area (Å²) in [6.07, 6.45) is 5.17. The van der Waals surface area contributed by atoms with E-state index in [-0.39, 0.29) is 23.6 Å². The lowest BCUT2D eigenvalue weighted by Gasteiger charge is -2.34. The molecular formula is C21H22ClN5O2S. The van der Waals surface area contributed by atoms with Crippen LogP contribution in [0.3, 0.4) is 0 Å². The lowest BCUT2D eigenvalue weighted by atomic mass is 10.0. The number of nitrogens with zero attached hydrogens (tertiary/aromatic N) is 5. The van der Waals surface area contributed by atoms with Crippen molar-refractivity contribution in [3.63, 3.8) is 0 Å². The summed E-state index contributed by atoms with van der Waals surface area (Å²) >= 11 is 7.51. The smallest absolute Gasteiger partial charge is 0.265 e. The fourth-order valence-corrected chi connectivity index (χ4v) is 5.60. The van der Waals surface area contributed by atoms with Crippen LogP contribution in [-0.2, 0) is 4.79 Å². The molecule has 30 heavy (non-hydrogen) atoms. The first kappa shape index (κ1) is 19.6. The van der Waals surface area contributed by atoms with Crippen LogP contribution in [0.15, 0.2) is 40.4 Å². The number of thioether (sulfide) groups is 1. The van der Waals surface area contributed by atoms with E-state index in [4.69, 9.17) is 16.6 Å². The zero-order valence-corrected chi connectivity index (χ0v) is 18.2. The molecule has 1 amide bonds. The molecule has 2 aromatic heterocycles. The van der Waals surface area contributed by atoms with Crippen molar-refractivity contribution in [2.24, 2.45) is 0 Å². The average molecular weight is 444 g/mol. The molecule has 2 unspecified atom stereocenters. The lowest BCUT2D eigenvalue weighted by molar-refractivity contribution is -0.135. The van der Waals surface area contributed by atoms with Crippen molar-refractivity contribution < 1.29 is 4.79 Å². The fraction of sp³-hybridized carbons (Fsp3) is 0.429. The molecule has 0 bridgehead atoms. The Hall–Kier alpha value is -2.32. The van der Waals surface area contributed by atoms with Gasteiger partial charge in [-0.25, -0.2) is 9.67 Å². The first-order valence-corrected chi connectivity index (χ1v) is 11.6. The van der Waals surface area contributed by atoms with Gasteiger partial charge in [-0.05, 0) is 50.5 Å². The van der Waals surface area contributed by atoms with E-state index in [0.717, 1.165) is 25.1 Å². The topological polar surface area (TPSA) is 73.0 Å². The Morgan fingerprint density at radius 2 is 2.07 bits per heavy atom. The van der Waals surface area contributed by atoms with Gasteiger partial charge in [-0.1, -0.05) is 23.4 Å². The molecule has 156 valence electrons. The number of aromatic nitrogens is 4. The first-order valence-electron chi connectivity index (χ1n) is 10.2. The molecule has 0 N–H and O–H groups in total. The zero-order valence-electron chi connectivity index (χ0n) is 16.6. The van der Waals surface area contributed by atoms with Crippen LogP contribution in [0.1, 0.15) is 38.6 Å². The van der Waals surface area contributed by atoms with Crippen LogP contribution in [0.5, 0.6) is 0 Å². The van der Waals surface area contributed by atoms with Crippen molar-refractivity contribution in [3.8, 4) is 5.69 Å². The maximum atomic E-state index is 13.3. The van der Waals surface area contributed by atoms with Crippen LogP contribution >= 0.6 is 23.4 Å². The van der Waals surface area contributed by atoms with Crippen LogP contribution in [0, 0.1) is 0 Å². The molecule has 3 aromatic rings. The Labute approximate surface area is 183 Å². The second-order valence-electron chi connectivity index (χ2n) is 7.94. The van der Waals surface area contributed by atoms with E-state index in [0.29, 0.717) is 33.4 Å². The highest BCUT2D eigenvalue weighted by molar-refractivity contribution is 7.99. The summed E-state index contributed by atoms with van der Waals surface area (Å²) in [5, 5.41) is 6.12. The van der Waals surface area contributed by atoms with Gasteiger partial charge in [-0.3, -0.25) is 14.2 Å². The van der Waals surface area contributed by atoms with Crippen LogP contribution in [0.25, 0.3) is 16.7 Å². The second kappa shape index (κ2) is 7.74. The first-order chi connectivity index (χ1) is 14.5. The van der Waals surface area contributed by atoms with Crippen LogP contribution in [-0.4, -0.2) is 48.5 Å². The van der Waals surface area contributed by atoms with Crippen molar-refractivity contribution in [1.82, 2.24) is 24.2 Å². The summed E-state index contributed by atoms with van der Waals surface area (Å²) in [7, 11) is 0. The number of likely N-dealkylation sites (tertiary alicyclic amines) is 1. The van der Waals surface area contributed by atoms with Crippen molar-refractivity contribution in [2.45, 2.75) is 49.8 Å². The number of hydrogen-bond donors (Lipinski definition) is 0. The van der Waals surface area contributed by atoms with Gasteiger partial charge in [0.15, 0.2) is 10.8 Å². The van der Waals surface area contributed by atoms with Crippen LogP contribution < -0.4 is 5.56 Å². The molecular weight excluding hydrogens is 422 g/mol. The van der Waals surface area contributed by atoms with E-state index in [1.807, 2.05) is 17.0 Å². The van der Waals surface area contributed by atoms with Gasteiger partial charge in [0.05, 0.1) is 17.9 Å². The summed E-state index contributed by atoms with van der Waals surface area (Å²) < 4.78 is 3.34. The highest BCUT2D eigenvalue weighted by atomic mass is 35.5. The highest BCUT2D eigenvalue weighted by Gasteiger charge is 2.32. The molecule has 1 aromatic carbocycles. The van der Waals surface area contributed by atoms with Gasteiger partial charge in [0.1, 0.15) is 5.39 Å². The Morgan fingerprint density at radius 3 is 2.83 bits per heavy atom. The predicted molar refractivity (Wildman–Crippen MR) is 118 cm³/mol. The Kier molecular flexibility index (Phi) is 5.06. The normalized spacial score (nSPS) is 21.2. The molecule has 4 heterocycles. The van der Waals surface area contributed by atoms with E-state index in [2.05, 4.69) is 12.0 Å². The van der Waals surface area contributed by atoms with Crippen LogP contribution in [0.2, 0.25) is 5.02 Å². The third-order valence-corrected chi connectivity index (χ3v) is 7.32. The number of hydrogen-bond acceptors (Lipinski definition) is 5. The molecule has 1 saturated heterocycles. The molecule has 0 aliphatic carbocycles. The highest BCUT2D eigenvalue weighted by Crippen LogP contribution is 2.34. The van der Waals surface area contributed by atoms with Crippen LogP contribution in [0.4, 0.5) is 0 Å². The predicted octanol–water partition coefficient (Wildman–Crippen LogP) is 3.67. The number of amides is 1. The molecule has 0 spiro atoms. The molecule has 2 aliphatic rings. The van der Waals surface area contributed by atoms with Gasteiger partial charge in [-0.15, -0.1) is 0 Å². The number of rotatable bonds is 3. The Balaban J connectivity index is 1.48. The van der Waals surface area contributed by atoms with E-state index >= 15 is 0 Å². The van der Waals surface area contributed by atoms with Crippen molar-refractivity contribution >= 4 is 40.3 Å². The summed E-state index contributed by atoms with van der Waals surface area (Å²) in [4.78, 5) is 32.9. The molecule has 0 saturated carbocycles. The lowest BCUT2D eigenvalue weighted by Crippen LogP contribution is -2.43. The summed E-state index contributed by atoms with van der Waals surface area (Å²) in [5.41, 5.74) is 1.18. The van der Waals surface area contributed by atoms with E-state index in [9.17, 15) is 9.59 Å². The number of halogens is 1. The van der Waals surface area contributed by atoms with Gasteiger partial charge in [-0.2, -0.15) is 5.10 Å². The maximum absolute atomic E-state index is 13.3. The maximum Gasteiger partial charge on any atom is 0.265 e. The van der Waals surface area contributed by atoms with Crippen molar-refractivity contribution in [2.75, 3.05) is 12.3 Å². The molecule has 2 aliphatic heterocycles. The Morgan fingerprint density at radius 1 is 1.27 bits per heavy atom. The van der Waals surface area contributed by atoms with E-state index in [1.54, 1.807) is 27.6 Å². The minimum Gasteiger partial charge on any atom is -0.340 e. The number of carbonyl (C=O) groups is 1. The summed E-state index contributed by atoms with van der Waals surface area (Å²) in [6, 6.07) is 7.35. The minimum atomic E-state index is -0.171. The third kappa shape index (κ3) is 3.32. The minimum absolute atomic E-state index is 0.129. The molecule has 7 nitrogen and oxygen atoms in total. The number of benzene rings is 1. The summed E-state index contributed by atoms with van der Waals surface area (Å²) in [6.45, 7) is 2.92. The quantitative estimate of drug-likeness (QED) is 0.577. The zero-order chi connectivity index (χ0) is 20.8. The second-order valence-corrected chi connectivity index (χ2v) is 9.36. The van der Waals surface area contributed by atoms with E-state index < -0.39 is 0 Å². The molecule has 5 rings (SSSR count). The van der Waals surface area contributed by atoms with Crippen molar-refractivity contribution in [1.29, 1.82) is 0 Å². The van der Waals surface area contributed by atoms with E-state index in [1.165, 1.54) is 18.2 Å². The van der Waals surface area contributed by atoms with Gasteiger partial charge in [0.2, 0.25) is 5.91 Å². The number of fused-ring (bicyclic) bond motifs is 2.